The second-order valence-electron chi connectivity index (χ2n) is 5.77. The molecule has 0 atom stereocenters. The van der Waals surface area contributed by atoms with E-state index in [-0.39, 0.29) is 0 Å². The number of hydrogen-bond acceptors (Lipinski definition) is 3. The number of halogens is 1. The summed E-state index contributed by atoms with van der Waals surface area (Å²) in [6, 6.07) is 0. The van der Waals surface area contributed by atoms with E-state index < -0.39 is 5.60 Å². The monoisotopic (exact) mass is 299 g/mol. The topological polar surface area (TPSA) is 50.1 Å². The first-order valence-corrected chi connectivity index (χ1v) is 8.14. The molecule has 1 heterocycles. The van der Waals surface area contributed by atoms with E-state index in [0.717, 1.165) is 55.1 Å². The molecule has 0 unspecified atom stereocenters. The van der Waals surface area contributed by atoms with E-state index >= 15 is 0 Å². The Morgan fingerprint density at radius 1 is 1.30 bits per heavy atom. The molecule has 1 aromatic heterocycles. The van der Waals surface area contributed by atoms with Crippen molar-refractivity contribution in [2.45, 2.75) is 71.1 Å². The fraction of sp³-hybridized carbons (Fsp3) is 0.800. The first kappa shape index (κ1) is 15.8. The van der Waals surface area contributed by atoms with E-state index in [1.807, 2.05) is 4.68 Å². The first-order valence-electron chi connectivity index (χ1n) is 7.77. The van der Waals surface area contributed by atoms with Gasteiger partial charge in [-0.15, -0.1) is 0 Å². The van der Waals surface area contributed by atoms with Crippen LogP contribution in [0.5, 0.6) is 0 Å². The summed E-state index contributed by atoms with van der Waals surface area (Å²) in [7, 11) is 0. The van der Waals surface area contributed by atoms with E-state index in [0.29, 0.717) is 13.1 Å². The van der Waals surface area contributed by atoms with Gasteiger partial charge in [0, 0.05) is 19.6 Å². The van der Waals surface area contributed by atoms with Crippen molar-refractivity contribution in [2.75, 3.05) is 6.54 Å². The summed E-state index contributed by atoms with van der Waals surface area (Å²) >= 11 is 6.38. The number of nitrogens with zero attached hydrogens (tertiary/aromatic N) is 2. The second kappa shape index (κ2) is 6.92. The molecule has 114 valence electrons. The smallest absolute Gasteiger partial charge is 0.0863 e. The molecule has 4 nitrogen and oxygen atoms in total. The fourth-order valence-electron chi connectivity index (χ4n) is 2.99. The first-order chi connectivity index (χ1) is 9.59. The van der Waals surface area contributed by atoms with Gasteiger partial charge in [-0.25, -0.2) is 0 Å². The molecular formula is C15H26ClN3O. The van der Waals surface area contributed by atoms with Gasteiger partial charge < -0.3 is 10.4 Å². The van der Waals surface area contributed by atoms with E-state index in [9.17, 15) is 5.11 Å². The second-order valence-corrected chi connectivity index (χ2v) is 6.14. The average Bonchev–Trinajstić information content (AvgIpc) is 2.76. The number of aryl methyl sites for hydroxylation is 2. The van der Waals surface area contributed by atoms with Crippen molar-refractivity contribution >= 4 is 11.6 Å². The van der Waals surface area contributed by atoms with Crippen molar-refractivity contribution in [3.8, 4) is 0 Å². The van der Waals surface area contributed by atoms with Gasteiger partial charge in [-0.1, -0.05) is 37.8 Å². The van der Waals surface area contributed by atoms with Crippen molar-refractivity contribution in [3.63, 3.8) is 0 Å². The quantitative estimate of drug-likeness (QED) is 0.849. The van der Waals surface area contributed by atoms with Gasteiger partial charge in [-0.2, -0.15) is 5.10 Å². The third-order valence-electron chi connectivity index (χ3n) is 4.22. The van der Waals surface area contributed by atoms with E-state index in [4.69, 9.17) is 11.6 Å². The summed E-state index contributed by atoms with van der Waals surface area (Å²) in [5.41, 5.74) is 1.46. The fourth-order valence-corrected chi connectivity index (χ4v) is 3.32. The van der Waals surface area contributed by atoms with Gasteiger partial charge in [0.15, 0.2) is 0 Å². The number of rotatable bonds is 6. The van der Waals surface area contributed by atoms with E-state index in [1.54, 1.807) is 0 Å². The Balaban J connectivity index is 1.95. The highest BCUT2D eigenvalue weighted by molar-refractivity contribution is 6.31. The average molecular weight is 300 g/mol. The van der Waals surface area contributed by atoms with Crippen molar-refractivity contribution in [2.24, 2.45) is 0 Å². The zero-order chi connectivity index (χ0) is 14.6. The number of hydrogen-bond donors (Lipinski definition) is 2. The molecule has 1 fully saturated rings. The maximum Gasteiger partial charge on any atom is 0.0863 e. The largest absolute Gasteiger partial charge is 0.389 e. The van der Waals surface area contributed by atoms with Gasteiger partial charge in [0.25, 0.3) is 0 Å². The molecule has 0 amide bonds. The highest BCUT2D eigenvalue weighted by atomic mass is 35.5. The lowest BCUT2D eigenvalue weighted by molar-refractivity contribution is 0.00455. The minimum Gasteiger partial charge on any atom is -0.389 e. The van der Waals surface area contributed by atoms with Crippen LogP contribution in [0.2, 0.25) is 5.02 Å². The number of nitrogens with one attached hydrogen (secondary N) is 1. The van der Waals surface area contributed by atoms with Gasteiger partial charge in [0.2, 0.25) is 0 Å². The zero-order valence-electron chi connectivity index (χ0n) is 12.6. The normalized spacial score (nSPS) is 18.4. The lowest BCUT2D eigenvalue weighted by Gasteiger charge is -2.32. The Hall–Kier alpha value is -0.580. The highest BCUT2D eigenvalue weighted by Gasteiger charge is 2.28. The predicted molar refractivity (Wildman–Crippen MR) is 82.0 cm³/mol. The molecule has 1 aliphatic carbocycles. The third-order valence-corrected chi connectivity index (χ3v) is 4.66. The summed E-state index contributed by atoms with van der Waals surface area (Å²) in [5, 5.41) is 19.1. The van der Waals surface area contributed by atoms with Crippen LogP contribution >= 0.6 is 11.6 Å². The summed E-state index contributed by atoms with van der Waals surface area (Å²) in [5.74, 6) is 0. The Morgan fingerprint density at radius 2 is 2.00 bits per heavy atom. The Kier molecular flexibility index (Phi) is 5.47. The van der Waals surface area contributed by atoms with Gasteiger partial charge in [0.1, 0.15) is 0 Å². The minimum absolute atomic E-state index is 0.532. The van der Waals surface area contributed by atoms with Crippen molar-refractivity contribution in [3.05, 3.63) is 16.4 Å². The molecule has 0 radical (unpaired) electrons. The van der Waals surface area contributed by atoms with Crippen molar-refractivity contribution < 1.29 is 5.11 Å². The van der Waals surface area contributed by atoms with Gasteiger partial charge in [0.05, 0.1) is 22.0 Å². The molecule has 1 aliphatic rings. The molecule has 0 aliphatic heterocycles. The Bertz CT molecular complexity index is 439. The predicted octanol–water partition coefficient (Wildman–Crippen LogP) is 2.90. The van der Waals surface area contributed by atoms with Gasteiger partial charge in [-0.3, -0.25) is 4.68 Å². The number of aromatic nitrogens is 2. The standard InChI is InChI=1S/C15H26ClN3O/c1-3-12-14(16)13(19(4-2)18-12)10-17-11-15(20)8-6-5-7-9-15/h17,20H,3-11H2,1-2H3. The van der Waals surface area contributed by atoms with Crippen molar-refractivity contribution in [1.82, 2.24) is 15.1 Å². The van der Waals surface area contributed by atoms with Crippen LogP contribution in [0.25, 0.3) is 0 Å². The molecule has 0 aromatic carbocycles. The molecule has 1 aromatic rings. The van der Waals surface area contributed by atoms with Crippen LogP contribution in [0, 0.1) is 0 Å². The highest BCUT2D eigenvalue weighted by Crippen LogP contribution is 2.27. The lowest BCUT2D eigenvalue weighted by Crippen LogP contribution is -2.42. The summed E-state index contributed by atoms with van der Waals surface area (Å²) in [6.45, 7) is 6.26. The van der Waals surface area contributed by atoms with Gasteiger partial charge >= 0.3 is 0 Å². The third kappa shape index (κ3) is 3.54. The lowest BCUT2D eigenvalue weighted by atomic mass is 9.85. The van der Waals surface area contributed by atoms with E-state index in [1.165, 1.54) is 6.42 Å². The SMILES string of the molecule is CCc1nn(CC)c(CNCC2(O)CCCCC2)c1Cl. The van der Waals surface area contributed by atoms with Crippen molar-refractivity contribution in [1.29, 1.82) is 0 Å². The Morgan fingerprint density at radius 3 is 2.60 bits per heavy atom. The van der Waals surface area contributed by atoms with Crippen LogP contribution in [0.3, 0.4) is 0 Å². The van der Waals surface area contributed by atoms with Crippen LogP contribution < -0.4 is 5.32 Å². The van der Waals surface area contributed by atoms with Crippen LogP contribution in [-0.2, 0) is 19.5 Å². The maximum atomic E-state index is 10.5. The minimum atomic E-state index is -0.532. The van der Waals surface area contributed by atoms with Crippen LogP contribution in [0.15, 0.2) is 0 Å². The molecule has 0 bridgehead atoms. The molecule has 2 N–H and O–H groups in total. The van der Waals surface area contributed by atoms with Crippen LogP contribution in [0.4, 0.5) is 0 Å². The van der Waals surface area contributed by atoms with E-state index in [2.05, 4.69) is 24.3 Å². The molecular weight excluding hydrogens is 274 g/mol. The molecule has 20 heavy (non-hydrogen) atoms. The van der Waals surface area contributed by atoms with Gasteiger partial charge in [-0.05, 0) is 26.2 Å². The molecule has 0 spiro atoms. The number of aliphatic hydroxyl groups is 1. The maximum absolute atomic E-state index is 10.5. The molecule has 2 rings (SSSR count). The summed E-state index contributed by atoms with van der Waals surface area (Å²) < 4.78 is 1.96. The summed E-state index contributed by atoms with van der Waals surface area (Å²) in [4.78, 5) is 0. The molecule has 0 saturated heterocycles. The Labute approximate surface area is 126 Å². The molecule has 1 saturated carbocycles. The van der Waals surface area contributed by atoms with Crippen LogP contribution in [0.1, 0.15) is 57.3 Å². The summed E-state index contributed by atoms with van der Waals surface area (Å²) in [6.07, 6.45) is 6.17. The van der Waals surface area contributed by atoms with Crippen LogP contribution in [-0.4, -0.2) is 27.0 Å². The molecule has 5 heteroatoms. The zero-order valence-corrected chi connectivity index (χ0v) is 13.3.